The van der Waals surface area contributed by atoms with Gasteiger partial charge in [-0.25, -0.2) is 0 Å². The minimum absolute atomic E-state index is 0.242. The molecule has 1 unspecified atom stereocenters. The van der Waals surface area contributed by atoms with Gasteiger partial charge in [-0.2, -0.15) is 0 Å². The lowest BCUT2D eigenvalue weighted by Gasteiger charge is -2.24. The van der Waals surface area contributed by atoms with Crippen molar-refractivity contribution in [3.05, 3.63) is 47.8 Å². The Kier molecular flexibility index (Phi) is 8.55. The zero-order valence-electron chi connectivity index (χ0n) is 10.7. The van der Waals surface area contributed by atoms with Gasteiger partial charge in [-0.1, -0.05) is 36.9 Å². The zero-order chi connectivity index (χ0) is 13.3. The molecule has 3 heteroatoms. The lowest BCUT2D eigenvalue weighted by molar-refractivity contribution is 0.239. The normalized spacial score (nSPS) is 20.2. The van der Waals surface area contributed by atoms with Gasteiger partial charge in [0, 0.05) is 11.0 Å². The molecule has 1 rings (SSSR count). The minimum atomic E-state index is 0.242. The van der Waals surface area contributed by atoms with Gasteiger partial charge in [-0.3, -0.25) is 0 Å². The molecule has 0 aliphatic heterocycles. The van der Waals surface area contributed by atoms with Crippen molar-refractivity contribution in [1.29, 1.82) is 0 Å². The Morgan fingerprint density at radius 2 is 2.12 bits per heavy atom. The molecule has 0 spiro atoms. The van der Waals surface area contributed by atoms with Gasteiger partial charge in [-0.05, 0) is 38.0 Å². The van der Waals surface area contributed by atoms with Crippen molar-refractivity contribution in [3.63, 3.8) is 0 Å². The van der Waals surface area contributed by atoms with Gasteiger partial charge in [0.2, 0.25) is 0 Å². The van der Waals surface area contributed by atoms with Crippen molar-refractivity contribution in [2.75, 3.05) is 14.2 Å². The van der Waals surface area contributed by atoms with Crippen LogP contribution in [0, 0.1) is 5.92 Å². The Morgan fingerprint density at radius 3 is 2.59 bits per heavy atom. The average Bonchev–Trinajstić information content (AvgIpc) is 2.42. The number of hydrogen-bond donors (Lipinski definition) is 1. The Labute approximate surface area is 109 Å². The molecule has 0 aromatic rings. The summed E-state index contributed by atoms with van der Waals surface area (Å²) in [4.78, 5) is 0. The van der Waals surface area contributed by atoms with Gasteiger partial charge in [-0.15, -0.1) is 0 Å². The van der Waals surface area contributed by atoms with Crippen LogP contribution in [0.4, 0.5) is 0 Å². The van der Waals surface area contributed by atoms with Crippen molar-refractivity contribution in [2.24, 2.45) is 11.7 Å². The summed E-state index contributed by atoms with van der Waals surface area (Å²) in [6.45, 7) is 7.48. The molecule has 96 valence electrons. The molecule has 1 aliphatic rings. The van der Waals surface area contributed by atoms with Crippen LogP contribution in [0.25, 0.3) is 0 Å². The second-order valence-corrected chi connectivity index (χ2v) is 3.91. The highest BCUT2D eigenvalue weighted by Crippen LogP contribution is 2.34. The molecule has 0 heterocycles. The molecule has 0 saturated carbocycles. The third kappa shape index (κ3) is 4.41. The first-order valence-corrected chi connectivity index (χ1v) is 6.08. The van der Waals surface area contributed by atoms with Gasteiger partial charge in [0.15, 0.2) is 0 Å². The monoisotopic (exact) mass is 255 g/mol. The van der Waals surface area contributed by atoms with E-state index in [1.54, 1.807) is 19.3 Å². The Morgan fingerprint density at radius 1 is 1.47 bits per heavy atom. The van der Waals surface area contributed by atoms with Crippen molar-refractivity contribution in [1.82, 2.24) is 0 Å². The minimum Gasteiger partial charge on any atom is -0.501 e. The molecule has 0 aromatic carbocycles. The van der Waals surface area contributed by atoms with Gasteiger partial charge >= 0.3 is 0 Å². The number of hydrogen-bond acceptors (Lipinski definition) is 2. The van der Waals surface area contributed by atoms with E-state index in [1.165, 1.54) is 7.05 Å². The lowest BCUT2D eigenvalue weighted by atomic mass is 9.87. The largest absolute Gasteiger partial charge is 0.501 e. The summed E-state index contributed by atoms with van der Waals surface area (Å²) in [5.74, 6) is 1.24. The predicted molar refractivity (Wildman–Crippen MR) is 75.8 cm³/mol. The first-order valence-electron chi connectivity index (χ1n) is 5.71. The number of ether oxygens (including phenoxy) is 1. The van der Waals surface area contributed by atoms with Gasteiger partial charge in [0.05, 0.1) is 12.9 Å². The topological polar surface area (TPSA) is 35.2 Å². The maximum atomic E-state index is 6.09. The van der Waals surface area contributed by atoms with Crippen molar-refractivity contribution in [3.8, 4) is 0 Å². The molecule has 2 N–H and O–H groups in total. The van der Waals surface area contributed by atoms with Gasteiger partial charge in [0.1, 0.15) is 0 Å². The molecule has 1 atom stereocenters. The van der Waals surface area contributed by atoms with Crippen molar-refractivity contribution < 1.29 is 4.74 Å². The summed E-state index contributed by atoms with van der Waals surface area (Å²) in [6, 6.07) is 0. The van der Waals surface area contributed by atoms with Crippen molar-refractivity contribution >= 4 is 11.6 Å². The second kappa shape index (κ2) is 9.08. The van der Waals surface area contributed by atoms with Crippen molar-refractivity contribution in [2.45, 2.75) is 19.3 Å². The van der Waals surface area contributed by atoms with Crippen LogP contribution < -0.4 is 5.73 Å². The van der Waals surface area contributed by atoms with E-state index in [4.69, 9.17) is 16.3 Å². The molecule has 17 heavy (non-hydrogen) atoms. The number of allylic oxidation sites excluding steroid dienone is 5. The predicted octanol–water partition coefficient (Wildman–Crippen LogP) is 3.76. The van der Waals surface area contributed by atoms with E-state index >= 15 is 0 Å². The van der Waals surface area contributed by atoms with E-state index in [1.807, 2.05) is 0 Å². The van der Waals surface area contributed by atoms with Crippen LogP contribution in [0.1, 0.15) is 19.3 Å². The van der Waals surface area contributed by atoms with E-state index in [2.05, 4.69) is 25.0 Å². The molecule has 0 saturated heterocycles. The molecule has 0 aromatic heterocycles. The molecular formula is C14H22ClNO. The van der Waals surface area contributed by atoms with Crippen LogP contribution in [0.5, 0.6) is 0 Å². The highest BCUT2D eigenvalue weighted by atomic mass is 35.5. The maximum Gasteiger partial charge on any atom is 0.0990 e. The Bertz CT molecular complexity index is 318. The summed E-state index contributed by atoms with van der Waals surface area (Å²) >= 11 is 6.09. The number of methoxy groups -OCH3 is 1. The standard InChI is InChI=1S/C13H17ClO.CH5N/c1-4-10(12(14)5-2)11-8-6-7-9-13(11)15-3;1-2/h4-5,9,11H,1-2,6-8H2,3H3;2H2,1H3/b12-10-;. The van der Waals surface area contributed by atoms with Gasteiger partial charge in [0.25, 0.3) is 0 Å². The number of rotatable bonds is 4. The summed E-state index contributed by atoms with van der Waals surface area (Å²) < 4.78 is 5.37. The third-order valence-electron chi connectivity index (χ3n) is 2.67. The van der Waals surface area contributed by atoms with Crippen LogP contribution in [0.3, 0.4) is 0 Å². The first-order chi connectivity index (χ1) is 8.24. The van der Waals surface area contributed by atoms with Crippen LogP contribution in [-0.4, -0.2) is 14.2 Å². The highest BCUT2D eigenvalue weighted by molar-refractivity contribution is 6.31. The van der Waals surface area contributed by atoms with Crippen LogP contribution in [-0.2, 0) is 4.74 Å². The van der Waals surface area contributed by atoms with E-state index in [9.17, 15) is 0 Å². The molecule has 0 radical (unpaired) electrons. The molecule has 1 aliphatic carbocycles. The maximum absolute atomic E-state index is 6.09. The molecule has 0 amide bonds. The molecular weight excluding hydrogens is 234 g/mol. The van der Waals surface area contributed by atoms with Crippen LogP contribution >= 0.6 is 11.6 Å². The SMILES string of the molecule is C=C/C(Cl)=C(\C=C)C1CCCC=C1OC.CN. The molecule has 2 nitrogen and oxygen atoms in total. The second-order valence-electron chi connectivity index (χ2n) is 3.51. The van der Waals surface area contributed by atoms with Crippen LogP contribution in [0.15, 0.2) is 47.8 Å². The fourth-order valence-electron chi connectivity index (χ4n) is 1.91. The van der Waals surface area contributed by atoms with Crippen LogP contribution in [0.2, 0.25) is 0 Å². The lowest BCUT2D eigenvalue weighted by Crippen LogP contribution is -2.12. The van der Waals surface area contributed by atoms with E-state index in [0.29, 0.717) is 5.03 Å². The summed E-state index contributed by atoms with van der Waals surface area (Å²) in [5.41, 5.74) is 5.51. The number of halogens is 1. The highest BCUT2D eigenvalue weighted by Gasteiger charge is 2.22. The van der Waals surface area contributed by atoms with E-state index in [-0.39, 0.29) is 5.92 Å². The van der Waals surface area contributed by atoms with E-state index in [0.717, 1.165) is 30.6 Å². The summed E-state index contributed by atoms with van der Waals surface area (Å²) in [6.07, 6.45) is 8.88. The first kappa shape index (κ1) is 16.0. The fraction of sp³-hybridized carbons (Fsp3) is 0.429. The Balaban J connectivity index is 0.00000121. The average molecular weight is 256 g/mol. The summed E-state index contributed by atoms with van der Waals surface area (Å²) in [7, 11) is 3.20. The number of nitrogens with two attached hydrogens (primary N) is 1. The fourth-order valence-corrected chi connectivity index (χ4v) is 2.12. The van der Waals surface area contributed by atoms with E-state index < -0.39 is 0 Å². The Hall–Kier alpha value is -0.990. The molecule has 0 bridgehead atoms. The zero-order valence-corrected chi connectivity index (χ0v) is 11.5. The van der Waals surface area contributed by atoms with Gasteiger partial charge < -0.3 is 10.5 Å². The third-order valence-corrected chi connectivity index (χ3v) is 3.04. The molecule has 0 fully saturated rings. The smallest absolute Gasteiger partial charge is 0.0990 e. The summed E-state index contributed by atoms with van der Waals surface area (Å²) in [5, 5.41) is 0.667. The quantitative estimate of drug-likeness (QED) is 0.777.